The summed E-state index contributed by atoms with van der Waals surface area (Å²) in [6, 6.07) is 4.70. The largest absolute Gasteiger partial charge is 0.326 e. The Balaban J connectivity index is 1.78. The molecule has 1 aromatic carbocycles. The predicted molar refractivity (Wildman–Crippen MR) is 79.6 cm³/mol. The zero-order valence-electron chi connectivity index (χ0n) is 11.7. The van der Waals surface area contributed by atoms with E-state index in [1.165, 1.54) is 6.07 Å². The van der Waals surface area contributed by atoms with Crippen molar-refractivity contribution in [2.75, 3.05) is 18.4 Å². The molecule has 6 nitrogen and oxygen atoms in total. The van der Waals surface area contributed by atoms with E-state index >= 15 is 0 Å². The molecule has 114 valence electrons. The Hall–Kier alpha value is -1.44. The Kier molecular flexibility index (Phi) is 3.97. The predicted octanol–water partition coefficient (Wildman–Crippen LogP) is 0.602. The highest BCUT2D eigenvalue weighted by atomic mass is 32.2. The number of hydrogen-bond acceptors (Lipinski definition) is 4. The van der Waals surface area contributed by atoms with Crippen molar-refractivity contribution in [3.8, 4) is 0 Å². The van der Waals surface area contributed by atoms with Crippen molar-refractivity contribution in [3.05, 3.63) is 23.8 Å². The summed E-state index contributed by atoms with van der Waals surface area (Å²) in [7, 11) is -3.54. The number of fused-ring (bicyclic) bond motifs is 1. The van der Waals surface area contributed by atoms with Crippen LogP contribution in [0.15, 0.2) is 23.1 Å². The summed E-state index contributed by atoms with van der Waals surface area (Å²) in [6.07, 6.45) is 3.18. The van der Waals surface area contributed by atoms with Crippen LogP contribution in [-0.4, -0.2) is 33.5 Å². The third-order valence-electron chi connectivity index (χ3n) is 3.88. The third kappa shape index (κ3) is 3.25. The van der Waals surface area contributed by atoms with E-state index in [0.29, 0.717) is 12.2 Å². The van der Waals surface area contributed by atoms with Gasteiger partial charge < -0.3 is 10.6 Å². The summed E-state index contributed by atoms with van der Waals surface area (Å²) in [5, 5.41) is 5.94. The van der Waals surface area contributed by atoms with Gasteiger partial charge in [0.2, 0.25) is 15.9 Å². The van der Waals surface area contributed by atoms with Crippen LogP contribution in [0.5, 0.6) is 0 Å². The minimum Gasteiger partial charge on any atom is -0.326 e. The number of hydrogen-bond donors (Lipinski definition) is 3. The quantitative estimate of drug-likeness (QED) is 0.763. The van der Waals surface area contributed by atoms with Crippen LogP contribution < -0.4 is 15.4 Å². The Morgan fingerprint density at radius 3 is 2.95 bits per heavy atom. The first-order valence-corrected chi connectivity index (χ1v) is 8.69. The molecular formula is C14H19N3O3S. The second-order valence-corrected chi connectivity index (χ2v) is 7.28. The molecule has 0 aliphatic carbocycles. The second-order valence-electron chi connectivity index (χ2n) is 5.56. The molecule has 0 saturated carbocycles. The Morgan fingerprint density at radius 2 is 2.10 bits per heavy atom. The molecule has 1 unspecified atom stereocenters. The van der Waals surface area contributed by atoms with E-state index in [0.717, 1.165) is 31.4 Å². The lowest BCUT2D eigenvalue weighted by atomic mass is 10.2. The Bertz CT molecular complexity index is 649. The van der Waals surface area contributed by atoms with Gasteiger partial charge in [0.15, 0.2) is 0 Å². The molecule has 3 rings (SSSR count). The van der Waals surface area contributed by atoms with Crippen molar-refractivity contribution in [1.82, 2.24) is 10.0 Å². The van der Waals surface area contributed by atoms with Crippen molar-refractivity contribution in [2.45, 2.75) is 36.6 Å². The highest BCUT2D eigenvalue weighted by Crippen LogP contribution is 2.26. The van der Waals surface area contributed by atoms with Crippen molar-refractivity contribution in [3.63, 3.8) is 0 Å². The summed E-state index contributed by atoms with van der Waals surface area (Å²) < 4.78 is 27.7. The third-order valence-corrected chi connectivity index (χ3v) is 5.40. The van der Waals surface area contributed by atoms with E-state index in [-0.39, 0.29) is 23.3 Å². The topological polar surface area (TPSA) is 87.3 Å². The van der Waals surface area contributed by atoms with Crippen LogP contribution in [0.1, 0.15) is 24.8 Å². The smallest absolute Gasteiger partial charge is 0.240 e. The summed E-state index contributed by atoms with van der Waals surface area (Å²) in [5.74, 6) is -0.0968. The van der Waals surface area contributed by atoms with E-state index in [4.69, 9.17) is 0 Å². The minimum atomic E-state index is -3.54. The monoisotopic (exact) mass is 309 g/mol. The molecule has 21 heavy (non-hydrogen) atoms. The van der Waals surface area contributed by atoms with Gasteiger partial charge in [-0.1, -0.05) is 6.42 Å². The van der Waals surface area contributed by atoms with E-state index < -0.39 is 10.0 Å². The zero-order valence-corrected chi connectivity index (χ0v) is 12.5. The highest BCUT2D eigenvalue weighted by molar-refractivity contribution is 7.89. The van der Waals surface area contributed by atoms with Gasteiger partial charge >= 0.3 is 0 Å². The number of anilines is 1. The molecule has 0 bridgehead atoms. The molecule has 0 aromatic heterocycles. The maximum absolute atomic E-state index is 12.4. The molecule has 1 aromatic rings. The van der Waals surface area contributed by atoms with Gasteiger partial charge in [-0.2, -0.15) is 0 Å². The molecule has 2 aliphatic heterocycles. The number of rotatable bonds is 3. The first kappa shape index (κ1) is 14.5. The number of carbonyl (C=O) groups excluding carboxylic acids is 1. The number of benzene rings is 1. The zero-order chi connectivity index (χ0) is 14.9. The standard InChI is InChI=1S/C14H19N3O3S/c18-14-8-10-7-12(4-5-13(10)16-14)21(19,20)17-11-3-1-2-6-15-9-11/h4-5,7,11,15,17H,1-3,6,8-9H2,(H,16,18). The summed E-state index contributed by atoms with van der Waals surface area (Å²) in [4.78, 5) is 11.6. The first-order valence-electron chi connectivity index (χ1n) is 7.20. The first-order chi connectivity index (χ1) is 10.0. The van der Waals surface area contributed by atoms with E-state index in [1.807, 2.05) is 0 Å². The average molecular weight is 309 g/mol. The van der Waals surface area contributed by atoms with Gasteiger partial charge in [-0.3, -0.25) is 4.79 Å². The SMILES string of the molecule is O=C1Cc2cc(S(=O)(=O)NC3CCCCNC3)ccc2N1. The van der Waals surface area contributed by atoms with Crippen LogP contribution in [-0.2, 0) is 21.2 Å². The maximum Gasteiger partial charge on any atom is 0.240 e. The average Bonchev–Trinajstić information content (AvgIpc) is 2.63. The number of carbonyl (C=O) groups is 1. The highest BCUT2D eigenvalue weighted by Gasteiger charge is 2.24. The number of amides is 1. The van der Waals surface area contributed by atoms with Gasteiger partial charge in [0.25, 0.3) is 0 Å². The molecule has 1 fully saturated rings. The molecule has 1 amide bonds. The fourth-order valence-electron chi connectivity index (χ4n) is 2.78. The molecule has 0 spiro atoms. The molecule has 2 aliphatic rings. The lowest BCUT2D eigenvalue weighted by Gasteiger charge is -2.16. The van der Waals surface area contributed by atoms with Gasteiger partial charge in [-0.15, -0.1) is 0 Å². The summed E-state index contributed by atoms with van der Waals surface area (Å²) in [5.41, 5.74) is 1.44. The fourth-order valence-corrected chi connectivity index (χ4v) is 4.10. The molecule has 1 saturated heterocycles. The lowest BCUT2D eigenvalue weighted by Crippen LogP contribution is -2.40. The van der Waals surface area contributed by atoms with Crippen LogP contribution in [0.2, 0.25) is 0 Å². The van der Waals surface area contributed by atoms with Crippen LogP contribution >= 0.6 is 0 Å². The van der Waals surface area contributed by atoms with Crippen molar-refractivity contribution in [1.29, 1.82) is 0 Å². The number of sulfonamides is 1. The van der Waals surface area contributed by atoms with Gasteiger partial charge in [-0.25, -0.2) is 13.1 Å². The Morgan fingerprint density at radius 1 is 1.24 bits per heavy atom. The molecule has 2 heterocycles. The summed E-state index contributed by atoms with van der Waals surface area (Å²) >= 11 is 0. The van der Waals surface area contributed by atoms with Gasteiger partial charge in [0, 0.05) is 18.3 Å². The number of nitrogens with one attached hydrogen (secondary N) is 3. The van der Waals surface area contributed by atoms with Crippen LogP contribution in [0.25, 0.3) is 0 Å². The summed E-state index contributed by atoms with van der Waals surface area (Å²) in [6.45, 7) is 1.59. The lowest BCUT2D eigenvalue weighted by molar-refractivity contribution is -0.115. The van der Waals surface area contributed by atoms with E-state index in [2.05, 4.69) is 15.4 Å². The van der Waals surface area contributed by atoms with Crippen LogP contribution in [0.3, 0.4) is 0 Å². The van der Waals surface area contributed by atoms with E-state index in [1.54, 1.807) is 12.1 Å². The Labute approximate surface area is 124 Å². The van der Waals surface area contributed by atoms with Gasteiger partial charge in [0.05, 0.1) is 11.3 Å². The minimum absolute atomic E-state index is 0.0782. The molecule has 3 N–H and O–H groups in total. The normalized spacial score (nSPS) is 22.5. The van der Waals surface area contributed by atoms with Crippen molar-refractivity contribution < 1.29 is 13.2 Å². The molecular weight excluding hydrogens is 290 g/mol. The van der Waals surface area contributed by atoms with Gasteiger partial charge in [-0.05, 0) is 43.1 Å². The van der Waals surface area contributed by atoms with Crippen LogP contribution in [0.4, 0.5) is 5.69 Å². The fraction of sp³-hybridized carbons (Fsp3) is 0.500. The van der Waals surface area contributed by atoms with Crippen molar-refractivity contribution >= 4 is 21.6 Å². The van der Waals surface area contributed by atoms with Crippen molar-refractivity contribution in [2.24, 2.45) is 0 Å². The molecule has 1 atom stereocenters. The second kappa shape index (κ2) is 5.75. The molecule has 0 radical (unpaired) electrons. The van der Waals surface area contributed by atoms with Crippen LogP contribution in [0, 0.1) is 0 Å². The van der Waals surface area contributed by atoms with Gasteiger partial charge in [0.1, 0.15) is 0 Å². The maximum atomic E-state index is 12.4. The molecule has 7 heteroatoms. The van der Waals surface area contributed by atoms with E-state index in [9.17, 15) is 13.2 Å².